The fourth-order valence-corrected chi connectivity index (χ4v) is 2.81. The van der Waals surface area contributed by atoms with E-state index in [1.165, 1.54) is 11.3 Å². The van der Waals surface area contributed by atoms with Gasteiger partial charge in [0, 0.05) is 6.20 Å². The molecule has 0 atom stereocenters. The zero-order valence-electron chi connectivity index (χ0n) is 11.6. The molecule has 3 rings (SSSR count). The van der Waals surface area contributed by atoms with Gasteiger partial charge < -0.3 is 10.5 Å². The van der Waals surface area contributed by atoms with Gasteiger partial charge >= 0.3 is 0 Å². The molecule has 6 heteroatoms. The van der Waals surface area contributed by atoms with Crippen LogP contribution in [0.5, 0.6) is 5.75 Å². The van der Waals surface area contributed by atoms with E-state index in [0.29, 0.717) is 5.82 Å². The first-order valence-electron chi connectivity index (χ1n) is 6.61. The molecular weight excluding hydrogens is 296 g/mol. The molecule has 0 aliphatic heterocycles. The number of nitrogens with one attached hydrogen (secondary N) is 1. The summed E-state index contributed by atoms with van der Waals surface area (Å²) in [5.74, 6) is 6.15. The number of hydrogen-bond donors (Lipinski definition) is 3. The Morgan fingerprint density at radius 2 is 2.00 bits per heavy atom. The first kappa shape index (κ1) is 14.2. The van der Waals surface area contributed by atoms with Crippen LogP contribution in [0.25, 0.3) is 22.4 Å². The number of aromatic hydroxyl groups is 1. The van der Waals surface area contributed by atoms with E-state index in [-0.39, 0.29) is 5.75 Å². The normalized spacial score (nSPS) is 11.7. The Labute approximate surface area is 131 Å². The van der Waals surface area contributed by atoms with Crippen LogP contribution in [0.1, 0.15) is 10.6 Å². The highest BCUT2D eigenvalue weighted by molar-refractivity contribution is 7.19. The van der Waals surface area contributed by atoms with Crippen molar-refractivity contribution in [3.05, 3.63) is 59.3 Å². The Hall–Kier alpha value is -2.70. The number of pyridine rings is 1. The summed E-state index contributed by atoms with van der Waals surface area (Å²) >= 11 is 1.54. The Morgan fingerprint density at radius 1 is 1.14 bits per heavy atom. The molecular formula is C16H14N4OS. The van der Waals surface area contributed by atoms with Crippen molar-refractivity contribution in [3.63, 3.8) is 0 Å². The summed E-state index contributed by atoms with van der Waals surface area (Å²) in [6, 6.07) is 8.91. The minimum absolute atomic E-state index is 0.259. The van der Waals surface area contributed by atoms with Gasteiger partial charge in [-0.25, -0.2) is 15.8 Å². The fraction of sp³-hybridized carbons (Fsp3) is 0. The van der Waals surface area contributed by atoms with Crippen LogP contribution >= 0.6 is 11.3 Å². The molecule has 4 N–H and O–H groups in total. The third-order valence-corrected chi connectivity index (χ3v) is 3.94. The maximum Gasteiger partial charge on any atom is 0.139 e. The van der Waals surface area contributed by atoms with Crippen molar-refractivity contribution >= 4 is 39.5 Å². The molecule has 1 aromatic carbocycles. The first-order chi connectivity index (χ1) is 10.7. The van der Waals surface area contributed by atoms with E-state index in [0.717, 1.165) is 20.8 Å². The average molecular weight is 310 g/mol. The van der Waals surface area contributed by atoms with Crippen LogP contribution in [0.4, 0.5) is 5.82 Å². The summed E-state index contributed by atoms with van der Waals surface area (Å²) in [5.41, 5.74) is 4.36. The van der Waals surface area contributed by atoms with Gasteiger partial charge in [0.05, 0.1) is 10.2 Å². The standard InChI is InChI=1S/C16H14N4OS/c17-20-15-8-5-11(10-18-15)3-1-2-4-16-19-13-7-6-12(21)9-14(13)22-16/h1-10,21H,17H2,(H,18,20)/b3-1+,4-2+. The van der Waals surface area contributed by atoms with Crippen LogP contribution in [0.2, 0.25) is 0 Å². The molecule has 5 nitrogen and oxygen atoms in total. The molecule has 0 amide bonds. The summed E-state index contributed by atoms with van der Waals surface area (Å²) in [5, 5.41) is 10.3. The third-order valence-electron chi connectivity index (χ3n) is 2.96. The van der Waals surface area contributed by atoms with Gasteiger partial charge in [0.2, 0.25) is 0 Å². The van der Waals surface area contributed by atoms with E-state index >= 15 is 0 Å². The molecule has 0 bridgehead atoms. The number of anilines is 1. The van der Waals surface area contributed by atoms with Crippen molar-refractivity contribution in [2.75, 3.05) is 5.43 Å². The predicted molar refractivity (Wildman–Crippen MR) is 91.4 cm³/mol. The number of hydrogen-bond acceptors (Lipinski definition) is 6. The Morgan fingerprint density at radius 3 is 2.77 bits per heavy atom. The van der Waals surface area contributed by atoms with Gasteiger partial charge in [0.25, 0.3) is 0 Å². The highest BCUT2D eigenvalue weighted by Gasteiger charge is 2.01. The zero-order chi connectivity index (χ0) is 15.4. The van der Waals surface area contributed by atoms with Crippen molar-refractivity contribution in [2.24, 2.45) is 5.84 Å². The van der Waals surface area contributed by atoms with Crippen molar-refractivity contribution in [3.8, 4) is 5.75 Å². The van der Waals surface area contributed by atoms with Crippen LogP contribution in [-0.4, -0.2) is 15.1 Å². The lowest BCUT2D eigenvalue weighted by atomic mass is 10.2. The molecule has 2 aromatic heterocycles. The number of nitrogens with two attached hydrogens (primary N) is 1. The minimum atomic E-state index is 0.259. The fourth-order valence-electron chi connectivity index (χ4n) is 1.90. The Kier molecular flexibility index (Phi) is 4.13. The summed E-state index contributed by atoms with van der Waals surface area (Å²) in [6.45, 7) is 0. The maximum atomic E-state index is 9.45. The van der Waals surface area contributed by atoms with E-state index < -0.39 is 0 Å². The SMILES string of the molecule is NNc1ccc(/C=C/C=C/c2nc3ccc(O)cc3s2)cn1. The van der Waals surface area contributed by atoms with Gasteiger partial charge in [0.1, 0.15) is 16.6 Å². The number of nitrogen functional groups attached to an aromatic ring is 1. The number of benzene rings is 1. The molecule has 0 fully saturated rings. The van der Waals surface area contributed by atoms with Gasteiger partial charge in [-0.05, 0) is 42.0 Å². The van der Waals surface area contributed by atoms with Crippen molar-refractivity contribution < 1.29 is 5.11 Å². The smallest absolute Gasteiger partial charge is 0.139 e. The second-order valence-electron chi connectivity index (χ2n) is 4.54. The Balaban J connectivity index is 1.70. The second-order valence-corrected chi connectivity index (χ2v) is 5.61. The molecule has 0 radical (unpaired) electrons. The van der Waals surface area contributed by atoms with Crippen LogP contribution in [0.3, 0.4) is 0 Å². The first-order valence-corrected chi connectivity index (χ1v) is 7.43. The van der Waals surface area contributed by atoms with Crippen LogP contribution < -0.4 is 11.3 Å². The van der Waals surface area contributed by atoms with Gasteiger partial charge in [-0.3, -0.25) is 0 Å². The number of thiazole rings is 1. The monoisotopic (exact) mass is 310 g/mol. The molecule has 0 aliphatic rings. The average Bonchev–Trinajstić information content (AvgIpc) is 2.94. The summed E-state index contributed by atoms with van der Waals surface area (Å²) in [4.78, 5) is 8.60. The van der Waals surface area contributed by atoms with Crippen molar-refractivity contribution in [1.29, 1.82) is 0 Å². The molecule has 0 saturated heterocycles. The largest absolute Gasteiger partial charge is 0.508 e. The number of phenols is 1. The topological polar surface area (TPSA) is 84.1 Å². The second kappa shape index (κ2) is 6.38. The van der Waals surface area contributed by atoms with E-state index in [4.69, 9.17) is 5.84 Å². The van der Waals surface area contributed by atoms with Gasteiger partial charge in [0.15, 0.2) is 0 Å². The highest BCUT2D eigenvalue weighted by Crippen LogP contribution is 2.26. The number of rotatable bonds is 4. The van der Waals surface area contributed by atoms with Crippen LogP contribution in [0, 0.1) is 0 Å². The predicted octanol–water partition coefficient (Wildman–Crippen LogP) is 3.41. The number of hydrazine groups is 1. The quantitative estimate of drug-likeness (QED) is 0.391. The third kappa shape index (κ3) is 3.30. The molecule has 0 unspecified atom stereocenters. The molecule has 0 spiro atoms. The number of phenolic OH excluding ortho intramolecular Hbond substituents is 1. The van der Waals surface area contributed by atoms with E-state index in [9.17, 15) is 5.11 Å². The van der Waals surface area contributed by atoms with Crippen molar-refractivity contribution in [1.82, 2.24) is 9.97 Å². The zero-order valence-corrected chi connectivity index (χ0v) is 12.4. The van der Waals surface area contributed by atoms with Crippen LogP contribution in [-0.2, 0) is 0 Å². The van der Waals surface area contributed by atoms with Crippen molar-refractivity contribution in [2.45, 2.75) is 0 Å². The lowest BCUT2D eigenvalue weighted by Gasteiger charge is -1.97. The van der Waals surface area contributed by atoms with Gasteiger partial charge in [-0.2, -0.15) is 0 Å². The lowest BCUT2D eigenvalue weighted by molar-refractivity contribution is 0.476. The molecule has 0 saturated carbocycles. The molecule has 2 heterocycles. The van der Waals surface area contributed by atoms with E-state index in [1.54, 1.807) is 18.3 Å². The molecule has 22 heavy (non-hydrogen) atoms. The molecule has 110 valence electrons. The van der Waals surface area contributed by atoms with Crippen LogP contribution in [0.15, 0.2) is 48.7 Å². The number of aromatic nitrogens is 2. The highest BCUT2D eigenvalue weighted by atomic mass is 32.1. The van der Waals surface area contributed by atoms with Gasteiger partial charge in [-0.15, -0.1) is 11.3 Å². The van der Waals surface area contributed by atoms with E-state index in [2.05, 4.69) is 15.4 Å². The molecule has 3 aromatic rings. The Bertz CT molecular complexity index is 837. The summed E-state index contributed by atoms with van der Waals surface area (Å²) < 4.78 is 0.970. The summed E-state index contributed by atoms with van der Waals surface area (Å²) in [6.07, 6.45) is 9.47. The molecule has 0 aliphatic carbocycles. The lowest BCUT2D eigenvalue weighted by Crippen LogP contribution is -2.07. The number of nitrogens with zero attached hydrogens (tertiary/aromatic N) is 2. The van der Waals surface area contributed by atoms with Gasteiger partial charge in [-0.1, -0.05) is 18.2 Å². The summed E-state index contributed by atoms with van der Waals surface area (Å²) in [7, 11) is 0. The maximum absolute atomic E-state index is 9.45. The minimum Gasteiger partial charge on any atom is -0.508 e. The number of fused-ring (bicyclic) bond motifs is 1. The van der Waals surface area contributed by atoms with E-state index in [1.807, 2.05) is 42.5 Å². The number of allylic oxidation sites excluding steroid dienone is 2.